The van der Waals surface area contributed by atoms with Crippen molar-refractivity contribution in [1.82, 2.24) is 0 Å². The van der Waals surface area contributed by atoms with Crippen LogP contribution in [0, 0.1) is 12.7 Å². The Kier molecular flexibility index (Phi) is 3.29. The molecular weight excluding hydrogens is 243 g/mol. The molecule has 1 aromatic carbocycles. The molecule has 1 heterocycles. The zero-order valence-electron chi connectivity index (χ0n) is 9.17. The largest absolute Gasteiger partial charge is 0.461 e. The van der Waals surface area contributed by atoms with Crippen LogP contribution in [0.15, 0.2) is 34.9 Å². The van der Waals surface area contributed by atoms with Crippen molar-refractivity contribution >= 4 is 17.4 Å². The standard InChI is InChI=1S/C13H10ClFO2/c1-8-4-5-17-13(8)12(16)7-9-6-10(14)2-3-11(9)15/h2-6H,7H2,1H3. The second-order valence-corrected chi connectivity index (χ2v) is 4.20. The van der Waals surface area contributed by atoms with Crippen molar-refractivity contribution in [1.29, 1.82) is 0 Å². The van der Waals surface area contributed by atoms with Crippen LogP contribution in [-0.2, 0) is 6.42 Å². The molecule has 0 unspecified atom stereocenters. The van der Waals surface area contributed by atoms with E-state index in [-0.39, 0.29) is 23.5 Å². The molecule has 0 bridgehead atoms. The first-order valence-corrected chi connectivity index (χ1v) is 5.47. The Hall–Kier alpha value is -1.61. The number of furan rings is 1. The number of rotatable bonds is 3. The molecule has 0 saturated carbocycles. The summed E-state index contributed by atoms with van der Waals surface area (Å²) in [6.07, 6.45) is 1.39. The van der Waals surface area contributed by atoms with Crippen LogP contribution in [0.5, 0.6) is 0 Å². The molecule has 0 aliphatic rings. The lowest BCUT2D eigenvalue weighted by Gasteiger charge is -2.02. The summed E-state index contributed by atoms with van der Waals surface area (Å²) >= 11 is 5.76. The van der Waals surface area contributed by atoms with Gasteiger partial charge in [0.15, 0.2) is 5.76 Å². The second-order valence-electron chi connectivity index (χ2n) is 3.77. The topological polar surface area (TPSA) is 30.2 Å². The first-order chi connectivity index (χ1) is 8.08. The van der Waals surface area contributed by atoms with E-state index >= 15 is 0 Å². The highest BCUT2D eigenvalue weighted by molar-refractivity contribution is 6.30. The van der Waals surface area contributed by atoms with Crippen molar-refractivity contribution < 1.29 is 13.6 Å². The quantitative estimate of drug-likeness (QED) is 0.778. The number of ketones is 1. The van der Waals surface area contributed by atoms with Crippen LogP contribution in [-0.4, -0.2) is 5.78 Å². The molecule has 4 heteroatoms. The molecule has 0 atom stereocenters. The van der Waals surface area contributed by atoms with E-state index in [9.17, 15) is 9.18 Å². The zero-order valence-corrected chi connectivity index (χ0v) is 9.92. The van der Waals surface area contributed by atoms with Crippen LogP contribution in [0.25, 0.3) is 0 Å². The third kappa shape index (κ3) is 2.56. The molecule has 1 aromatic heterocycles. The molecule has 2 nitrogen and oxygen atoms in total. The summed E-state index contributed by atoms with van der Waals surface area (Å²) in [5.74, 6) is -0.426. The molecule has 0 N–H and O–H groups in total. The van der Waals surface area contributed by atoms with E-state index in [0.717, 1.165) is 5.56 Å². The Morgan fingerprint density at radius 3 is 2.82 bits per heavy atom. The summed E-state index contributed by atoms with van der Waals surface area (Å²) in [5.41, 5.74) is 1.02. The Bertz CT molecular complexity index is 560. The maximum atomic E-state index is 13.4. The molecule has 0 spiro atoms. The minimum absolute atomic E-state index is 0.0548. The third-order valence-electron chi connectivity index (χ3n) is 2.47. The summed E-state index contributed by atoms with van der Waals surface area (Å²) in [7, 11) is 0. The van der Waals surface area contributed by atoms with Crippen LogP contribution in [0.1, 0.15) is 21.7 Å². The fraction of sp³-hybridized carbons (Fsp3) is 0.154. The SMILES string of the molecule is Cc1ccoc1C(=O)Cc1cc(Cl)ccc1F. The van der Waals surface area contributed by atoms with E-state index in [1.165, 1.54) is 24.5 Å². The van der Waals surface area contributed by atoms with Crippen LogP contribution < -0.4 is 0 Å². The maximum absolute atomic E-state index is 13.4. The van der Waals surface area contributed by atoms with Crippen molar-refractivity contribution in [3.05, 3.63) is 58.3 Å². The van der Waals surface area contributed by atoms with Crippen LogP contribution in [0.4, 0.5) is 4.39 Å². The highest BCUT2D eigenvalue weighted by Gasteiger charge is 2.15. The molecule has 0 saturated heterocycles. The smallest absolute Gasteiger partial charge is 0.202 e. The van der Waals surface area contributed by atoms with E-state index in [1.807, 2.05) is 0 Å². The van der Waals surface area contributed by atoms with Gasteiger partial charge in [-0.1, -0.05) is 11.6 Å². The number of hydrogen-bond acceptors (Lipinski definition) is 2. The van der Waals surface area contributed by atoms with Gasteiger partial charge in [-0.25, -0.2) is 4.39 Å². The van der Waals surface area contributed by atoms with Gasteiger partial charge in [0.05, 0.1) is 6.26 Å². The molecule has 0 aliphatic carbocycles. The number of halogens is 2. The monoisotopic (exact) mass is 252 g/mol. The number of aryl methyl sites for hydroxylation is 1. The lowest BCUT2D eigenvalue weighted by molar-refractivity contribution is 0.0964. The van der Waals surface area contributed by atoms with E-state index in [0.29, 0.717) is 5.02 Å². The van der Waals surface area contributed by atoms with Gasteiger partial charge < -0.3 is 4.42 Å². The third-order valence-corrected chi connectivity index (χ3v) is 2.71. The van der Waals surface area contributed by atoms with Gasteiger partial charge in [0.2, 0.25) is 5.78 Å². The minimum Gasteiger partial charge on any atom is -0.461 e. The average molecular weight is 253 g/mol. The van der Waals surface area contributed by atoms with Gasteiger partial charge in [0.25, 0.3) is 0 Å². The normalized spacial score (nSPS) is 10.5. The average Bonchev–Trinajstić information content (AvgIpc) is 2.70. The second kappa shape index (κ2) is 4.72. The van der Waals surface area contributed by atoms with Crippen LogP contribution in [0.2, 0.25) is 5.02 Å². The highest BCUT2D eigenvalue weighted by Crippen LogP contribution is 2.18. The molecular formula is C13H10ClFO2. The molecule has 88 valence electrons. The summed E-state index contributed by atoms with van der Waals surface area (Å²) < 4.78 is 18.5. The summed E-state index contributed by atoms with van der Waals surface area (Å²) in [4.78, 5) is 11.9. The lowest BCUT2D eigenvalue weighted by atomic mass is 10.1. The number of hydrogen-bond donors (Lipinski definition) is 0. The van der Waals surface area contributed by atoms with Crippen LogP contribution in [0.3, 0.4) is 0 Å². The summed E-state index contributed by atoms with van der Waals surface area (Å²) in [6, 6.07) is 5.84. The molecule has 2 aromatic rings. The van der Waals surface area contributed by atoms with Gasteiger partial charge in [0, 0.05) is 11.4 Å². The Balaban J connectivity index is 2.24. The van der Waals surface area contributed by atoms with Crippen molar-refractivity contribution in [3.63, 3.8) is 0 Å². The van der Waals surface area contributed by atoms with Crippen molar-refractivity contribution in [2.24, 2.45) is 0 Å². The molecule has 0 fully saturated rings. The van der Waals surface area contributed by atoms with Crippen molar-refractivity contribution in [3.8, 4) is 0 Å². The van der Waals surface area contributed by atoms with Crippen molar-refractivity contribution in [2.75, 3.05) is 0 Å². The fourth-order valence-electron chi connectivity index (χ4n) is 1.59. The molecule has 0 radical (unpaired) electrons. The lowest BCUT2D eigenvalue weighted by Crippen LogP contribution is -2.05. The summed E-state index contributed by atoms with van der Waals surface area (Å²) in [5, 5.41) is 0.408. The first-order valence-electron chi connectivity index (χ1n) is 5.09. The van der Waals surface area contributed by atoms with Gasteiger partial charge in [0.1, 0.15) is 5.82 Å². The van der Waals surface area contributed by atoms with E-state index in [1.54, 1.807) is 13.0 Å². The molecule has 17 heavy (non-hydrogen) atoms. The molecule has 2 rings (SSSR count). The zero-order chi connectivity index (χ0) is 12.4. The van der Waals surface area contributed by atoms with Gasteiger partial charge in [-0.15, -0.1) is 0 Å². The number of Topliss-reactive ketones (excluding diaryl/α,β-unsaturated/α-hetero) is 1. The van der Waals surface area contributed by atoms with Gasteiger partial charge in [-0.3, -0.25) is 4.79 Å². The van der Waals surface area contributed by atoms with Crippen molar-refractivity contribution in [2.45, 2.75) is 13.3 Å². The van der Waals surface area contributed by atoms with E-state index in [4.69, 9.17) is 16.0 Å². The highest BCUT2D eigenvalue weighted by atomic mass is 35.5. The minimum atomic E-state index is -0.438. The number of carbonyl (C=O) groups is 1. The van der Waals surface area contributed by atoms with Crippen LogP contribution >= 0.6 is 11.6 Å². The Morgan fingerprint density at radius 1 is 1.41 bits per heavy atom. The number of carbonyl (C=O) groups excluding carboxylic acids is 1. The van der Waals surface area contributed by atoms with Gasteiger partial charge in [-0.2, -0.15) is 0 Å². The maximum Gasteiger partial charge on any atom is 0.202 e. The Labute approximate surface area is 103 Å². The molecule has 0 aliphatic heterocycles. The summed E-state index contributed by atoms with van der Waals surface area (Å²) in [6.45, 7) is 1.77. The van der Waals surface area contributed by atoms with E-state index in [2.05, 4.69) is 0 Å². The predicted molar refractivity (Wildman–Crippen MR) is 62.9 cm³/mol. The van der Waals surface area contributed by atoms with Gasteiger partial charge in [-0.05, 0) is 42.3 Å². The molecule has 0 amide bonds. The predicted octanol–water partition coefficient (Wildman–Crippen LogP) is 3.81. The van der Waals surface area contributed by atoms with Gasteiger partial charge >= 0.3 is 0 Å². The first kappa shape index (κ1) is 11.9. The Morgan fingerprint density at radius 2 is 2.18 bits per heavy atom. The fourth-order valence-corrected chi connectivity index (χ4v) is 1.79. The number of benzene rings is 1. The van der Waals surface area contributed by atoms with E-state index < -0.39 is 5.82 Å².